The molecule has 0 aromatic heterocycles. The average Bonchev–Trinajstić information content (AvgIpc) is 2.36. The maximum atomic E-state index is 10.1. The number of rotatable bonds is 6. The van der Waals surface area contributed by atoms with Crippen molar-refractivity contribution in [3.63, 3.8) is 0 Å². The van der Waals surface area contributed by atoms with Crippen molar-refractivity contribution in [3.05, 3.63) is 37.6 Å². The Hall–Kier alpha value is -1.88. The van der Waals surface area contributed by atoms with Crippen LogP contribution in [0.3, 0.4) is 0 Å². The molecule has 0 rings (SSSR count). The fourth-order valence-electron chi connectivity index (χ4n) is 0.614. The van der Waals surface area contributed by atoms with Gasteiger partial charge in [0.15, 0.2) is 0 Å². The molecule has 0 aliphatic rings. The Bertz CT molecular complexity index is 285. The third-order valence-electron chi connectivity index (χ3n) is 1.55. The molecule has 19 heavy (non-hydrogen) atoms. The van der Waals surface area contributed by atoms with Gasteiger partial charge in [0, 0.05) is 19.0 Å². The molecule has 0 spiro atoms. The van der Waals surface area contributed by atoms with Crippen LogP contribution >= 0.6 is 0 Å². The number of carbonyl (C=O) groups excluding carboxylic acids is 1. The third kappa shape index (κ3) is 31.4. The molecule has 0 atom stereocenters. The van der Waals surface area contributed by atoms with Crippen molar-refractivity contribution >= 4 is 11.9 Å². The summed E-state index contributed by atoms with van der Waals surface area (Å²) in [5.74, 6) is -1.20. The van der Waals surface area contributed by atoms with E-state index in [0.29, 0.717) is 18.5 Å². The number of hydrogen-bond donors (Lipinski definition) is 2. The second kappa shape index (κ2) is 18.5. The summed E-state index contributed by atoms with van der Waals surface area (Å²) in [6.07, 6.45) is 5.31. The fourth-order valence-corrected chi connectivity index (χ4v) is 0.614. The van der Waals surface area contributed by atoms with Gasteiger partial charge in [-0.15, -0.1) is 6.58 Å². The molecule has 3 N–H and O–H groups in total. The monoisotopic (exact) mass is 271 g/mol. The third-order valence-corrected chi connectivity index (χ3v) is 1.55. The summed E-state index contributed by atoms with van der Waals surface area (Å²) in [5.41, 5.74) is 5.23. The lowest BCUT2D eigenvalue weighted by Gasteiger charge is -1.95. The van der Waals surface area contributed by atoms with Crippen LogP contribution in [0.4, 0.5) is 0 Å². The molecule has 0 radical (unpaired) electrons. The molecule has 0 amide bonds. The Morgan fingerprint density at radius 2 is 1.84 bits per heavy atom. The number of nitrogens with two attached hydrogens (primary N) is 1. The summed E-state index contributed by atoms with van der Waals surface area (Å²) >= 11 is 0. The molecule has 110 valence electrons. The van der Waals surface area contributed by atoms with E-state index in [1.165, 1.54) is 6.92 Å². The number of carboxylic acids is 1. The van der Waals surface area contributed by atoms with E-state index in [4.69, 9.17) is 10.8 Å². The van der Waals surface area contributed by atoms with Crippen molar-refractivity contribution in [2.45, 2.75) is 33.1 Å². The predicted octanol–water partition coefficient (Wildman–Crippen LogP) is 2.64. The van der Waals surface area contributed by atoms with Crippen molar-refractivity contribution in [2.24, 2.45) is 5.73 Å². The smallest absolute Gasteiger partial charge is 0.330 e. The minimum atomic E-state index is -0.872. The lowest BCUT2D eigenvalue weighted by Crippen LogP contribution is -1.97. The van der Waals surface area contributed by atoms with Gasteiger partial charge in [-0.3, -0.25) is 4.79 Å². The van der Waals surface area contributed by atoms with Crippen LogP contribution in [-0.4, -0.2) is 23.6 Å². The topological polar surface area (TPSA) is 89.6 Å². The number of carboxylic acid groups (broad SMARTS) is 1. The molecule has 0 bridgehead atoms. The van der Waals surface area contributed by atoms with Gasteiger partial charge in [-0.05, 0) is 12.8 Å². The van der Waals surface area contributed by atoms with Gasteiger partial charge in [-0.2, -0.15) is 0 Å². The SMILES string of the molecule is C=C(CCCC)C(=O)O.C=CCN.C=COC(C)=O. The molecule has 0 aliphatic carbocycles. The van der Waals surface area contributed by atoms with Crippen molar-refractivity contribution in [1.29, 1.82) is 0 Å². The fraction of sp³-hybridized carbons (Fsp3) is 0.429. The highest BCUT2D eigenvalue weighted by Gasteiger charge is 2.00. The van der Waals surface area contributed by atoms with Gasteiger partial charge in [-0.1, -0.05) is 32.6 Å². The van der Waals surface area contributed by atoms with Crippen LogP contribution in [0.15, 0.2) is 37.6 Å². The van der Waals surface area contributed by atoms with Gasteiger partial charge in [0.25, 0.3) is 0 Å². The Labute approximate surface area is 115 Å². The highest BCUT2D eigenvalue weighted by molar-refractivity contribution is 5.85. The molecule has 5 nitrogen and oxygen atoms in total. The van der Waals surface area contributed by atoms with E-state index >= 15 is 0 Å². The van der Waals surface area contributed by atoms with Gasteiger partial charge in [0.1, 0.15) is 0 Å². The second-order valence-corrected chi connectivity index (χ2v) is 3.31. The Morgan fingerprint density at radius 3 is 2.00 bits per heavy atom. The first kappa shape index (κ1) is 22.3. The molecule has 0 aromatic carbocycles. The maximum Gasteiger partial charge on any atom is 0.330 e. The van der Waals surface area contributed by atoms with E-state index in [2.05, 4.69) is 24.5 Å². The van der Waals surface area contributed by atoms with Crippen LogP contribution in [0.1, 0.15) is 33.1 Å². The zero-order valence-electron chi connectivity index (χ0n) is 11.9. The first-order valence-corrected chi connectivity index (χ1v) is 5.87. The molecular weight excluding hydrogens is 246 g/mol. The summed E-state index contributed by atoms with van der Waals surface area (Å²) in [6.45, 7) is 13.8. The zero-order chi connectivity index (χ0) is 15.7. The molecule has 0 fully saturated rings. The Balaban J connectivity index is -0.000000222. The summed E-state index contributed by atoms with van der Waals surface area (Å²) in [4.78, 5) is 19.9. The van der Waals surface area contributed by atoms with Crippen LogP contribution in [-0.2, 0) is 14.3 Å². The van der Waals surface area contributed by atoms with E-state index in [0.717, 1.165) is 19.1 Å². The summed E-state index contributed by atoms with van der Waals surface area (Å²) in [7, 11) is 0. The van der Waals surface area contributed by atoms with Crippen molar-refractivity contribution < 1.29 is 19.4 Å². The number of hydrogen-bond acceptors (Lipinski definition) is 4. The summed E-state index contributed by atoms with van der Waals surface area (Å²) in [6, 6.07) is 0. The largest absolute Gasteiger partial charge is 0.478 e. The van der Waals surface area contributed by atoms with Crippen molar-refractivity contribution in [2.75, 3.05) is 6.54 Å². The molecule has 0 saturated heterocycles. The van der Waals surface area contributed by atoms with Crippen molar-refractivity contribution in [3.8, 4) is 0 Å². The number of aliphatic carboxylic acids is 1. The minimum Gasteiger partial charge on any atom is -0.478 e. The number of unbranched alkanes of at least 4 members (excludes halogenated alkanes) is 1. The average molecular weight is 271 g/mol. The van der Waals surface area contributed by atoms with Gasteiger partial charge in [0.05, 0.1) is 6.26 Å². The van der Waals surface area contributed by atoms with Gasteiger partial charge in [0.2, 0.25) is 0 Å². The predicted molar refractivity (Wildman–Crippen MR) is 77.5 cm³/mol. The van der Waals surface area contributed by atoms with Crippen LogP contribution in [0.5, 0.6) is 0 Å². The van der Waals surface area contributed by atoms with Gasteiger partial charge >= 0.3 is 11.9 Å². The van der Waals surface area contributed by atoms with Crippen molar-refractivity contribution in [1.82, 2.24) is 0 Å². The molecule has 0 aromatic rings. The standard InChI is InChI=1S/C7H12O2.C4H6O2.C3H7N/c1-3-4-5-6(2)7(8)9;1-3-6-4(2)5;1-2-3-4/h2-5H2,1H3,(H,8,9);3H,1H2,2H3;2H,1,3-4H2. The zero-order valence-corrected chi connectivity index (χ0v) is 11.9. The van der Waals surface area contributed by atoms with Crippen LogP contribution in [0.25, 0.3) is 0 Å². The first-order valence-electron chi connectivity index (χ1n) is 5.87. The molecule has 0 heterocycles. The van der Waals surface area contributed by atoms with E-state index in [-0.39, 0.29) is 5.97 Å². The summed E-state index contributed by atoms with van der Waals surface area (Å²) in [5, 5.41) is 8.31. The molecule has 0 aliphatic heterocycles. The first-order chi connectivity index (χ1) is 8.87. The van der Waals surface area contributed by atoms with Gasteiger partial charge in [-0.25, -0.2) is 4.79 Å². The minimum absolute atomic E-state index is 0.317. The van der Waals surface area contributed by atoms with Crippen LogP contribution in [0.2, 0.25) is 0 Å². The van der Waals surface area contributed by atoms with Gasteiger partial charge < -0.3 is 15.6 Å². The maximum absolute atomic E-state index is 10.1. The molecule has 5 heteroatoms. The Morgan fingerprint density at radius 1 is 1.37 bits per heavy atom. The highest BCUT2D eigenvalue weighted by atomic mass is 16.5. The summed E-state index contributed by atoms with van der Waals surface area (Å²) < 4.78 is 4.17. The number of ether oxygens (including phenoxy) is 1. The van der Waals surface area contributed by atoms with E-state index in [1.54, 1.807) is 6.08 Å². The quantitative estimate of drug-likeness (QED) is 0.335. The number of carbonyl (C=O) groups is 2. The molecular formula is C14H25NO4. The normalized spacial score (nSPS) is 7.74. The highest BCUT2D eigenvalue weighted by Crippen LogP contribution is 2.03. The second-order valence-electron chi connectivity index (χ2n) is 3.31. The lowest BCUT2D eigenvalue weighted by atomic mass is 10.1. The van der Waals surface area contributed by atoms with Crippen LogP contribution in [0, 0.1) is 0 Å². The Kier molecular flexibility index (Phi) is 21.7. The molecule has 0 saturated carbocycles. The lowest BCUT2D eigenvalue weighted by molar-refractivity contribution is -0.135. The molecule has 0 unspecified atom stereocenters. The van der Waals surface area contributed by atoms with Crippen LogP contribution < -0.4 is 5.73 Å². The van der Waals surface area contributed by atoms with E-state index in [1.807, 2.05) is 6.92 Å². The van der Waals surface area contributed by atoms with E-state index in [9.17, 15) is 9.59 Å². The number of esters is 1. The van der Waals surface area contributed by atoms with E-state index < -0.39 is 5.97 Å².